The third-order valence-electron chi connectivity index (χ3n) is 1.38. The van der Waals surface area contributed by atoms with Crippen molar-refractivity contribution in [2.24, 2.45) is 0 Å². The summed E-state index contributed by atoms with van der Waals surface area (Å²) in [7, 11) is 0. The maximum atomic E-state index is 12.8. The summed E-state index contributed by atoms with van der Waals surface area (Å²) in [4.78, 5) is 2.93. The van der Waals surface area contributed by atoms with Gasteiger partial charge in [0.1, 0.15) is 11.6 Å². The molecule has 0 N–H and O–H groups in total. The van der Waals surface area contributed by atoms with Crippen LogP contribution in [0.1, 0.15) is 5.56 Å². The Morgan fingerprint density at radius 3 is 2.50 bits per heavy atom. The summed E-state index contributed by atoms with van der Waals surface area (Å²) >= 11 is 5.42. The number of hydrogen-bond donors (Lipinski definition) is 0. The second-order valence-electron chi connectivity index (χ2n) is 2.14. The van der Waals surface area contributed by atoms with Gasteiger partial charge in [-0.1, -0.05) is 11.6 Å². The fourth-order valence-corrected chi connectivity index (χ4v) is 1.01. The number of hydrogen-bond acceptors (Lipinski definition) is 0. The molecule has 0 amide bonds. The van der Waals surface area contributed by atoms with E-state index in [0.717, 1.165) is 12.1 Å². The minimum absolute atomic E-state index is 0.0772. The molecule has 1 aromatic rings. The van der Waals surface area contributed by atoms with Crippen LogP contribution in [-0.4, -0.2) is 0 Å². The van der Waals surface area contributed by atoms with E-state index in [9.17, 15) is 8.78 Å². The predicted octanol–water partition coefficient (Wildman–Crippen LogP) is 3.04. The van der Waals surface area contributed by atoms with Crippen LogP contribution in [0.2, 0.25) is 5.02 Å². The third kappa shape index (κ3) is 1.54. The standard InChI is InChI=1S/C8H4ClF2N/c1-12-4-5-6(10)2-3-7(11)8(5)9/h2-3H,4H2. The van der Waals surface area contributed by atoms with Crippen molar-refractivity contribution in [3.8, 4) is 0 Å². The van der Waals surface area contributed by atoms with Crippen LogP contribution < -0.4 is 0 Å². The van der Waals surface area contributed by atoms with E-state index < -0.39 is 11.6 Å². The third-order valence-corrected chi connectivity index (χ3v) is 1.78. The second-order valence-corrected chi connectivity index (χ2v) is 2.52. The van der Waals surface area contributed by atoms with Crippen LogP contribution in [-0.2, 0) is 6.54 Å². The van der Waals surface area contributed by atoms with Crippen LogP contribution in [0.4, 0.5) is 8.78 Å². The van der Waals surface area contributed by atoms with E-state index >= 15 is 0 Å². The molecule has 12 heavy (non-hydrogen) atoms. The average Bonchev–Trinajstić information content (AvgIpc) is 2.06. The van der Waals surface area contributed by atoms with Crippen LogP contribution in [0.25, 0.3) is 4.85 Å². The van der Waals surface area contributed by atoms with Crippen molar-refractivity contribution in [3.05, 3.63) is 45.8 Å². The zero-order valence-electron chi connectivity index (χ0n) is 5.94. The van der Waals surface area contributed by atoms with Crippen molar-refractivity contribution in [2.75, 3.05) is 0 Å². The van der Waals surface area contributed by atoms with Crippen LogP contribution in [0, 0.1) is 18.2 Å². The van der Waals surface area contributed by atoms with Crippen molar-refractivity contribution in [1.29, 1.82) is 0 Å². The molecule has 0 unspecified atom stereocenters. The van der Waals surface area contributed by atoms with Gasteiger partial charge in [0, 0.05) is 0 Å². The monoisotopic (exact) mass is 187 g/mol. The largest absolute Gasteiger partial charge is 0.312 e. The van der Waals surface area contributed by atoms with Gasteiger partial charge in [-0.25, -0.2) is 15.4 Å². The number of nitrogens with zero attached hydrogens (tertiary/aromatic N) is 1. The van der Waals surface area contributed by atoms with E-state index in [2.05, 4.69) is 4.85 Å². The lowest BCUT2D eigenvalue weighted by Gasteiger charge is -1.99. The molecule has 0 radical (unpaired) electrons. The Bertz CT molecular complexity index is 344. The lowest BCUT2D eigenvalue weighted by Crippen LogP contribution is -1.91. The maximum absolute atomic E-state index is 12.8. The lowest BCUT2D eigenvalue weighted by atomic mass is 10.2. The van der Waals surface area contributed by atoms with Gasteiger partial charge in [0.15, 0.2) is 0 Å². The highest BCUT2D eigenvalue weighted by Gasteiger charge is 2.13. The Hall–Kier alpha value is -1.14. The Balaban J connectivity index is 3.25. The van der Waals surface area contributed by atoms with Crippen molar-refractivity contribution in [3.63, 3.8) is 0 Å². The van der Waals surface area contributed by atoms with E-state index in [4.69, 9.17) is 18.2 Å². The Labute approximate surface area is 73.4 Å². The molecule has 0 heterocycles. The first-order valence-electron chi connectivity index (χ1n) is 3.12. The SMILES string of the molecule is [C-]#[N+]Cc1c(F)ccc(F)c1Cl. The first kappa shape index (κ1) is 8.95. The number of benzene rings is 1. The number of rotatable bonds is 1. The summed E-state index contributed by atoms with van der Waals surface area (Å²) < 4.78 is 25.5. The summed E-state index contributed by atoms with van der Waals surface area (Å²) in [5.41, 5.74) is -0.0772. The van der Waals surface area contributed by atoms with Crippen LogP contribution >= 0.6 is 11.6 Å². The van der Waals surface area contributed by atoms with Crippen molar-refractivity contribution in [1.82, 2.24) is 0 Å². The quantitative estimate of drug-likeness (QED) is 0.470. The molecule has 0 bridgehead atoms. The fourth-order valence-electron chi connectivity index (χ4n) is 0.793. The summed E-state index contributed by atoms with van der Waals surface area (Å²) in [6.07, 6.45) is 0. The molecule has 0 fully saturated rings. The van der Waals surface area contributed by atoms with Gasteiger partial charge in [-0.15, -0.1) is 0 Å². The normalized spacial score (nSPS) is 9.50. The van der Waals surface area contributed by atoms with Gasteiger partial charge in [-0.05, 0) is 12.1 Å². The highest BCUT2D eigenvalue weighted by molar-refractivity contribution is 6.31. The van der Waals surface area contributed by atoms with Gasteiger partial charge in [0.05, 0.1) is 10.6 Å². The van der Waals surface area contributed by atoms with E-state index in [-0.39, 0.29) is 17.1 Å². The second kappa shape index (κ2) is 3.51. The van der Waals surface area contributed by atoms with Crippen molar-refractivity contribution in [2.45, 2.75) is 6.54 Å². The first-order valence-corrected chi connectivity index (χ1v) is 3.50. The minimum Gasteiger partial charge on any atom is -0.312 e. The molecule has 0 aliphatic rings. The van der Waals surface area contributed by atoms with Gasteiger partial charge < -0.3 is 4.85 Å². The zero-order valence-corrected chi connectivity index (χ0v) is 6.70. The number of halogens is 3. The molecule has 0 saturated heterocycles. The topological polar surface area (TPSA) is 4.36 Å². The molecule has 0 spiro atoms. The maximum Gasteiger partial charge on any atom is 0.244 e. The summed E-state index contributed by atoms with van der Waals surface area (Å²) in [5.74, 6) is -1.34. The summed E-state index contributed by atoms with van der Waals surface area (Å²) in [5, 5.41) is -0.300. The minimum atomic E-state index is -0.697. The molecule has 0 aromatic heterocycles. The van der Waals surface area contributed by atoms with Crippen LogP contribution in [0.3, 0.4) is 0 Å². The van der Waals surface area contributed by atoms with E-state index in [1.165, 1.54) is 0 Å². The van der Waals surface area contributed by atoms with Gasteiger partial charge in [-0.3, -0.25) is 0 Å². The highest BCUT2D eigenvalue weighted by Crippen LogP contribution is 2.23. The molecule has 1 nitrogen and oxygen atoms in total. The van der Waals surface area contributed by atoms with Crippen molar-refractivity contribution < 1.29 is 8.78 Å². The zero-order chi connectivity index (χ0) is 9.14. The van der Waals surface area contributed by atoms with Gasteiger partial charge in [-0.2, -0.15) is 0 Å². The Kier molecular flexibility index (Phi) is 2.61. The molecule has 0 aliphatic heterocycles. The van der Waals surface area contributed by atoms with Gasteiger partial charge >= 0.3 is 0 Å². The van der Waals surface area contributed by atoms with E-state index in [1.807, 2.05) is 0 Å². The Morgan fingerprint density at radius 1 is 1.33 bits per heavy atom. The predicted molar refractivity (Wildman–Crippen MR) is 41.7 cm³/mol. The molecule has 1 rings (SSSR count). The molecule has 0 saturated carbocycles. The van der Waals surface area contributed by atoms with Crippen LogP contribution in [0.5, 0.6) is 0 Å². The molecular formula is C8H4ClF2N. The molecule has 0 atom stereocenters. The first-order chi connectivity index (χ1) is 5.66. The molecule has 62 valence electrons. The van der Waals surface area contributed by atoms with Crippen molar-refractivity contribution >= 4 is 11.6 Å². The fraction of sp³-hybridized carbons (Fsp3) is 0.125. The van der Waals surface area contributed by atoms with Gasteiger partial charge in [0.2, 0.25) is 6.54 Å². The average molecular weight is 188 g/mol. The highest BCUT2D eigenvalue weighted by atomic mass is 35.5. The Morgan fingerprint density at radius 2 is 1.92 bits per heavy atom. The van der Waals surface area contributed by atoms with E-state index in [1.54, 1.807) is 0 Å². The summed E-state index contributed by atoms with van der Waals surface area (Å²) in [6, 6.07) is 1.90. The lowest BCUT2D eigenvalue weighted by molar-refractivity contribution is 0.589. The van der Waals surface area contributed by atoms with Gasteiger partial charge in [0.25, 0.3) is 0 Å². The molecule has 4 heteroatoms. The molecular weight excluding hydrogens is 184 g/mol. The van der Waals surface area contributed by atoms with E-state index in [0.29, 0.717) is 0 Å². The smallest absolute Gasteiger partial charge is 0.244 e. The summed E-state index contributed by atoms with van der Waals surface area (Å²) in [6.45, 7) is 6.25. The molecule has 1 aromatic carbocycles. The van der Waals surface area contributed by atoms with Crippen LogP contribution in [0.15, 0.2) is 12.1 Å². The molecule has 0 aliphatic carbocycles.